The molecular weight excluding hydrogens is 561 g/mol. The highest BCUT2D eigenvalue weighted by molar-refractivity contribution is 7.52. The van der Waals surface area contributed by atoms with E-state index in [0.29, 0.717) is 11.0 Å². The first-order valence-electron chi connectivity index (χ1n) is 13.0. The average molecular weight is 595 g/mol. The summed E-state index contributed by atoms with van der Waals surface area (Å²) in [6.45, 7) is 7.86. The number of allylic oxidation sites excluding steroid dienone is 1. The van der Waals surface area contributed by atoms with E-state index < -0.39 is 62.2 Å². The van der Waals surface area contributed by atoms with Crippen LogP contribution in [0.1, 0.15) is 34.1 Å². The van der Waals surface area contributed by atoms with Crippen LogP contribution in [0.3, 0.4) is 0 Å². The van der Waals surface area contributed by atoms with Gasteiger partial charge in [-0.1, -0.05) is 43.0 Å². The van der Waals surface area contributed by atoms with E-state index in [2.05, 4.69) is 11.7 Å². The number of carbonyl (C=O) groups excluding carboxylic acids is 2. The van der Waals surface area contributed by atoms with E-state index >= 15 is 8.78 Å². The summed E-state index contributed by atoms with van der Waals surface area (Å²) in [6.07, 6.45) is -2.33. The van der Waals surface area contributed by atoms with Gasteiger partial charge >= 0.3 is 13.7 Å². The van der Waals surface area contributed by atoms with Crippen molar-refractivity contribution >= 4 is 30.4 Å². The highest BCUT2D eigenvalue weighted by Crippen LogP contribution is 2.51. The van der Waals surface area contributed by atoms with E-state index in [-0.39, 0.29) is 12.2 Å². The average Bonchev–Trinajstić information content (AvgIpc) is 3.07. The van der Waals surface area contributed by atoms with Gasteiger partial charge in [0.1, 0.15) is 18.4 Å². The molecule has 0 saturated carbocycles. The lowest BCUT2D eigenvalue weighted by Gasteiger charge is -2.33. The first-order valence-corrected chi connectivity index (χ1v) is 14.5. The molecule has 0 bridgehead atoms. The quantitative estimate of drug-likeness (QED) is 0.298. The molecule has 2 aromatic carbocycles. The minimum atomic E-state index is -4.65. The lowest BCUT2D eigenvalue weighted by molar-refractivity contribution is -0.209. The molecule has 2 heterocycles. The number of ether oxygens (including phenoxy) is 2. The van der Waals surface area contributed by atoms with Crippen LogP contribution in [0.2, 0.25) is 0 Å². The van der Waals surface area contributed by atoms with E-state index in [9.17, 15) is 19.3 Å². The van der Waals surface area contributed by atoms with Crippen molar-refractivity contribution in [2.75, 3.05) is 6.61 Å². The Hall–Kier alpha value is -3.15. The Balaban J connectivity index is 1.61. The Bertz CT molecular complexity index is 1410. The first-order chi connectivity index (χ1) is 19.1. The SMILES string of the molecule is C=C1C=CN([C@@H]2O[C@](F)(CO[P@@](=O)(N[C@@H](C)C(=O)OC(C)C)Oc3cccc4ccccc34)[C@@H](O)[C@@]2(C)F)C(=O)C1. The molecule has 2 aliphatic heterocycles. The van der Waals surface area contributed by atoms with Gasteiger partial charge in [0.2, 0.25) is 5.91 Å². The summed E-state index contributed by atoms with van der Waals surface area (Å²) in [5.74, 6) is -4.59. The zero-order valence-corrected chi connectivity index (χ0v) is 24.0. The molecule has 2 N–H and O–H groups in total. The first kappa shape index (κ1) is 30.8. The van der Waals surface area contributed by atoms with Crippen LogP contribution in [0.25, 0.3) is 10.8 Å². The second kappa shape index (κ2) is 11.6. The summed E-state index contributed by atoms with van der Waals surface area (Å²) in [7, 11) is -4.65. The van der Waals surface area contributed by atoms with Crippen LogP contribution in [-0.2, 0) is 28.2 Å². The van der Waals surface area contributed by atoms with E-state index in [1.807, 2.05) is 0 Å². The van der Waals surface area contributed by atoms with E-state index in [1.54, 1.807) is 50.2 Å². The summed E-state index contributed by atoms with van der Waals surface area (Å²) in [4.78, 5) is 25.8. The minimum Gasteiger partial charge on any atom is -0.462 e. The lowest BCUT2D eigenvalue weighted by atomic mass is 9.96. The summed E-state index contributed by atoms with van der Waals surface area (Å²) in [5.41, 5.74) is -2.33. The summed E-state index contributed by atoms with van der Waals surface area (Å²) >= 11 is 0. The molecule has 0 unspecified atom stereocenters. The Labute approximate surface area is 236 Å². The predicted molar refractivity (Wildman–Crippen MR) is 146 cm³/mol. The molecule has 2 aromatic rings. The normalized spacial score (nSPS) is 28.6. The third kappa shape index (κ3) is 6.52. The third-order valence-electron chi connectivity index (χ3n) is 6.58. The highest BCUT2D eigenvalue weighted by atomic mass is 31.2. The number of halogens is 2. The highest BCUT2D eigenvalue weighted by Gasteiger charge is 2.66. The molecule has 0 radical (unpaired) electrons. The molecule has 13 heteroatoms. The number of fused-ring (bicyclic) bond motifs is 1. The second-order valence-electron chi connectivity index (χ2n) is 10.4. The zero-order chi connectivity index (χ0) is 30.2. The van der Waals surface area contributed by atoms with Crippen LogP contribution in [0.4, 0.5) is 8.78 Å². The maximum Gasteiger partial charge on any atom is 0.459 e. The van der Waals surface area contributed by atoms with Crippen molar-refractivity contribution in [3.8, 4) is 5.75 Å². The van der Waals surface area contributed by atoms with Crippen LogP contribution < -0.4 is 9.61 Å². The van der Waals surface area contributed by atoms with Crippen molar-refractivity contribution in [1.82, 2.24) is 9.99 Å². The number of aliphatic hydroxyl groups excluding tert-OH is 1. The lowest BCUT2D eigenvalue weighted by Crippen LogP contribution is -2.51. The minimum absolute atomic E-state index is 0.0849. The standard InChI is InChI=1S/C28H33F2N2O8P/c1-17(2)38-24(34)19(4)31-41(36,40-22-12-8-10-20-9-6-7-11-21(20)22)37-16-28(30)25(35)27(5,29)26(39-28)32-14-13-18(3)15-23(32)33/h6-14,17,19,25-26,35H,3,15-16H2,1-2,4-5H3,(H,31,36)/t19-,25-,26+,27+,28+,41-/m0/s1. The van der Waals surface area contributed by atoms with Gasteiger partial charge in [0, 0.05) is 11.6 Å². The van der Waals surface area contributed by atoms with Crippen molar-refractivity contribution in [3.05, 3.63) is 66.9 Å². The fourth-order valence-electron chi connectivity index (χ4n) is 4.48. The number of rotatable bonds is 10. The van der Waals surface area contributed by atoms with Gasteiger partial charge in [0.25, 0.3) is 5.85 Å². The van der Waals surface area contributed by atoms with Gasteiger partial charge in [-0.15, -0.1) is 0 Å². The number of alkyl halides is 2. The maximum absolute atomic E-state index is 16.1. The van der Waals surface area contributed by atoms with Gasteiger partial charge in [0.15, 0.2) is 18.0 Å². The van der Waals surface area contributed by atoms with Crippen LogP contribution in [0, 0.1) is 0 Å². The van der Waals surface area contributed by atoms with Gasteiger partial charge in [-0.25, -0.2) is 13.3 Å². The molecule has 0 spiro atoms. The molecule has 1 saturated heterocycles. The number of hydrogen-bond donors (Lipinski definition) is 2. The number of hydrogen-bond acceptors (Lipinski definition) is 8. The molecular formula is C28H33F2N2O8P. The molecule has 0 aromatic heterocycles. The number of esters is 1. The van der Waals surface area contributed by atoms with Gasteiger partial charge in [0.05, 0.1) is 12.5 Å². The Morgan fingerprint density at radius 3 is 2.61 bits per heavy atom. The molecule has 222 valence electrons. The number of nitrogens with one attached hydrogen (secondary N) is 1. The van der Waals surface area contributed by atoms with Crippen LogP contribution in [0.15, 0.2) is 66.9 Å². The van der Waals surface area contributed by atoms with Gasteiger partial charge in [-0.05, 0) is 50.8 Å². The Morgan fingerprint density at radius 1 is 1.24 bits per heavy atom. The van der Waals surface area contributed by atoms with Crippen molar-refractivity contribution in [2.24, 2.45) is 0 Å². The van der Waals surface area contributed by atoms with Crippen LogP contribution >= 0.6 is 7.75 Å². The number of benzene rings is 2. The molecule has 10 nitrogen and oxygen atoms in total. The second-order valence-corrected chi connectivity index (χ2v) is 12.1. The van der Waals surface area contributed by atoms with E-state index in [1.165, 1.54) is 25.3 Å². The molecule has 1 fully saturated rings. The fourth-order valence-corrected chi connectivity index (χ4v) is 6.00. The fraction of sp³-hybridized carbons (Fsp3) is 0.429. The maximum atomic E-state index is 16.1. The van der Waals surface area contributed by atoms with Crippen molar-refractivity contribution in [1.29, 1.82) is 0 Å². The van der Waals surface area contributed by atoms with Crippen LogP contribution in [0.5, 0.6) is 5.75 Å². The molecule has 41 heavy (non-hydrogen) atoms. The van der Waals surface area contributed by atoms with Gasteiger partial charge in [-0.2, -0.15) is 5.09 Å². The smallest absolute Gasteiger partial charge is 0.459 e. The zero-order valence-electron chi connectivity index (χ0n) is 23.1. The molecule has 4 rings (SSSR count). The number of aliphatic hydroxyl groups is 1. The van der Waals surface area contributed by atoms with Gasteiger partial charge in [-0.3, -0.25) is 19.0 Å². The molecule has 1 amide bonds. The molecule has 0 aliphatic carbocycles. The van der Waals surface area contributed by atoms with Gasteiger partial charge < -0.3 is 19.1 Å². The Morgan fingerprint density at radius 2 is 1.93 bits per heavy atom. The predicted octanol–water partition coefficient (Wildman–Crippen LogP) is 4.69. The van der Waals surface area contributed by atoms with Crippen molar-refractivity contribution in [2.45, 2.75) is 70.1 Å². The monoisotopic (exact) mass is 594 g/mol. The van der Waals surface area contributed by atoms with Crippen LogP contribution in [-0.4, -0.2) is 64.5 Å². The summed E-state index contributed by atoms with van der Waals surface area (Å²) < 4.78 is 67.3. The van der Waals surface area contributed by atoms with Crippen molar-refractivity contribution in [3.63, 3.8) is 0 Å². The largest absolute Gasteiger partial charge is 0.462 e. The number of carbonyl (C=O) groups is 2. The van der Waals surface area contributed by atoms with Crippen molar-refractivity contribution < 1.29 is 46.6 Å². The number of nitrogens with zero attached hydrogens (tertiary/aromatic N) is 1. The third-order valence-corrected chi connectivity index (χ3v) is 8.19. The molecule has 6 atom stereocenters. The summed E-state index contributed by atoms with van der Waals surface area (Å²) in [6, 6.07) is 10.7. The Kier molecular flexibility index (Phi) is 8.73. The summed E-state index contributed by atoms with van der Waals surface area (Å²) in [5, 5.41) is 14.4. The number of amides is 1. The molecule has 2 aliphatic rings. The van der Waals surface area contributed by atoms with E-state index in [0.717, 1.165) is 17.2 Å². The van der Waals surface area contributed by atoms with E-state index in [4.69, 9.17) is 18.5 Å². The topological polar surface area (TPSA) is 124 Å².